The number of halogens is 1. The van der Waals surface area contributed by atoms with Gasteiger partial charge in [-0.3, -0.25) is 0 Å². The molecule has 2 atom stereocenters. The van der Waals surface area contributed by atoms with Gasteiger partial charge >= 0.3 is 0 Å². The summed E-state index contributed by atoms with van der Waals surface area (Å²) in [7, 11) is 1.58. The summed E-state index contributed by atoms with van der Waals surface area (Å²) in [4.78, 5) is 0. The Balaban J connectivity index is 2.08. The molecule has 1 aromatic carbocycles. The van der Waals surface area contributed by atoms with Gasteiger partial charge < -0.3 is 14.9 Å². The second-order valence-corrected chi connectivity index (χ2v) is 4.99. The Bertz CT molecular complexity index is 390. The van der Waals surface area contributed by atoms with Gasteiger partial charge in [0.25, 0.3) is 0 Å². The molecule has 2 N–H and O–H groups in total. The highest BCUT2D eigenvalue weighted by Gasteiger charge is 2.34. The monoisotopic (exact) mass is 256 g/mol. The van der Waals surface area contributed by atoms with Crippen LogP contribution in [-0.4, -0.2) is 29.5 Å². The van der Waals surface area contributed by atoms with Gasteiger partial charge in [-0.15, -0.1) is 0 Å². The lowest BCUT2D eigenvalue weighted by Crippen LogP contribution is -2.29. The van der Waals surface area contributed by atoms with E-state index >= 15 is 0 Å². The summed E-state index contributed by atoms with van der Waals surface area (Å²) in [6.45, 7) is 0. The van der Waals surface area contributed by atoms with Crippen molar-refractivity contribution in [2.45, 2.75) is 31.5 Å². The van der Waals surface area contributed by atoms with Gasteiger partial charge in [0.2, 0.25) is 0 Å². The third-order valence-corrected chi connectivity index (χ3v) is 3.41. The molecule has 2 unspecified atom stereocenters. The van der Waals surface area contributed by atoms with Crippen molar-refractivity contribution in [1.29, 1.82) is 0 Å². The van der Waals surface area contributed by atoms with Crippen LogP contribution in [0, 0.1) is 5.92 Å². The molecule has 1 aliphatic carbocycles. The molecule has 0 aromatic heterocycles. The van der Waals surface area contributed by atoms with Crippen LogP contribution in [0.2, 0.25) is 5.02 Å². The number of rotatable bonds is 5. The lowest BCUT2D eigenvalue weighted by atomic mass is 10.0. The van der Waals surface area contributed by atoms with Crippen LogP contribution in [0.3, 0.4) is 0 Å². The summed E-state index contributed by atoms with van der Waals surface area (Å²) in [5.41, 5.74) is 0.826. The third kappa shape index (κ3) is 3.12. The Morgan fingerprint density at radius 1 is 1.41 bits per heavy atom. The fourth-order valence-electron chi connectivity index (χ4n) is 2.00. The van der Waals surface area contributed by atoms with Crippen LogP contribution in [0.1, 0.15) is 18.4 Å². The van der Waals surface area contributed by atoms with E-state index in [0.717, 1.165) is 18.4 Å². The van der Waals surface area contributed by atoms with Crippen LogP contribution in [0.4, 0.5) is 0 Å². The summed E-state index contributed by atoms with van der Waals surface area (Å²) in [5, 5.41) is 20.4. The van der Waals surface area contributed by atoms with Gasteiger partial charge in [0.1, 0.15) is 5.75 Å². The predicted molar refractivity (Wildman–Crippen MR) is 66.4 cm³/mol. The van der Waals surface area contributed by atoms with Gasteiger partial charge in [-0.2, -0.15) is 0 Å². The quantitative estimate of drug-likeness (QED) is 0.848. The van der Waals surface area contributed by atoms with Crippen LogP contribution in [-0.2, 0) is 6.42 Å². The van der Waals surface area contributed by atoms with E-state index in [1.165, 1.54) is 0 Å². The zero-order valence-electron chi connectivity index (χ0n) is 9.77. The van der Waals surface area contributed by atoms with E-state index in [4.69, 9.17) is 16.3 Å². The van der Waals surface area contributed by atoms with Crippen molar-refractivity contribution in [3.63, 3.8) is 0 Å². The molecule has 0 amide bonds. The molecule has 0 heterocycles. The fraction of sp³-hybridized carbons (Fsp3) is 0.538. The Kier molecular flexibility index (Phi) is 3.92. The molecule has 0 spiro atoms. The minimum Gasteiger partial charge on any atom is -0.496 e. The van der Waals surface area contributed by atoms with Gasteiger partial charge in [-0.05, 0) is 42.5 Å². The highest BCUT2D eigenvalue weighted by molar-refractivity contribution is 6.30. The minimum absolute atomic E-state index is 0.259. The topological polar surface area (TPSA) is 49.7 Å². The summed E-state index contributed by atoms with van der Waals surface area (Å²) < 4.78 is 5.21. The second kappa shape index (κ2) is 5.25. The number of benzene rings is 1. The van der Waals surface area contributed by atoms with E-state index < -0.39 is 12.2 Å². The molecule has 0 saturated heterocycles. The fourth-order valence-corrected chi connectivity index (χ4v) is 2.20. The van der Waals surface area contributed by atoms with Gasteiger partial charge in [0.05, 0.1) is 19.3 Å². The lowest BCUT2D eigenvalue weighted by Gasteiger charge is -2.18. The standard InChI is InChI=1S/C13H17ClO3/c1-17-12-5-4-10(14)6-9(12)7-11(15)13(16)8-2-3-8/h4-6,8,11,13,15-16H,2-3,7H2,1H3. The molecule has 1 fully saturated rings. The van der Waals surface area contributed by atoms with Crippen molar-refractivity contribution in [2.24, 2.45) is 5.92 Å². The normalized spacial score (nSPS) is 18.8. The first-order chi connectivity index (χ1) is 8.11. The van der Waals surface area contributed by atoms with E-state index in [-0.39, 0.29) is 5.92 Å². The predicted octanol–water partition coefficient (Wildman–Crippen LogP) is 2.02. The number of hydrogen-bond acceptors (Lipinski definition) is 3. The van der Waals surface area contributed by atoms with Crippen molar-refractivity contribution in [2.75, 3.05) is 7.11 Å². The number of ether oxygens (including phenoxy) is 1. The summed E-state index contributed by atoms with van der Waals surface area (Å²) in [6, 6.07) is 5.28. The second-order valence-electron chi connectivity index (χ2n) is 4.56. The van der Waals surface area contributed by atoms with Gasteiger partial charge in [-0.25, -0.2) is 0 Å². The Morgan fingerprint density at radius 2 is 2.12 bits per heavy atom. The molecule has 4 heteroatoms. The van der Waals surface area contributed by atoms with Crippen molar-refractivity contribution in [1.82, 2.24) is 0 Å². The average molecular weight is 257 g/mol. The summed E-state index contributed by atoms with van der Waals surface area (Å²) >= 11 is 5.91. The minimum atomic E-state index is -0.755. The summed E-state index contributed by atoms with van der Waals surface area (Å²) in [5.74, 6) is 0.951. The molecule has 1 saturated carbocycles. The Labute approximate surface area is 106 Å². The van der Waals surface area contributed by atoms with E-state index in [9.17, 15) is 10.2 Å². The smallest absolute Gasteiger partial charge is 0.122 e. The average Bonchev–Trinajstić information content (AvgIpc) is 3.12. The maximum atomic E-state index is 9.94. The van der Waals surface area contributed by atoms with E-state index in [1.54, 1.807) is 25.3 Å². The molecule has 1 aromatic rings. The third-order valence-electron chi connectivity index (χ3n) is 3.17. The van der Waals surface area contributed by atoms with Crippen molar-refractivity contribution in [3.8, 4) is 5.75 Å². The van der Waals surface area contributed by atoms with Gasteiger partial charge in [-0.1, -0.05) is 11.6 Å². The van der Waals surface area contributed by atoms with E-state index in [1.807, 2.05) is 0 Å². The van der Waals surface area contributed by atoms with Crippen molar-refractivity contribution >= 4 is 11.6 Å². The number of aliphatic hydroxyl groups is 2. The largest absolute Gasteiger partial charge is 0.496 e. The first kappa shape index (κ1) is 12.7. The van der Waals surface area contributed by atoms with Crippen LogP contribution in [0.5, 0.6) is 5.75 Å². The Hall–Kier alpha value is -0.770. The highest BCUT2D eigenvalue weighted by atomic mass is 35.5. The molecule has 2 rings (SSSR count). The van der Waals surface area contributed by atoms with Crippen molar-refractivity contribution < 1.29 is 14.9 Å². The van der Waals surface area contributed by atoms with Gasteiger partial charge in [0, 0.05) is 11.4 Å². The molecular weight excluding hydrogens is 240 g/mol. The zero-order chi connectivity index (χ0) is 12.4. The van der Waals surface area contributed by atoms with Crippen molar-refractivity contribution in [3.05, 3.63) is 28.8 Å². The molecule has 3 nitrogen and oxygen atoms in total. The number of hydrogen-bond donors (Lipinski definition) is 2. The number of aliphatic hydroxyl groups excluding tert-OH is 2. The van der Waals surface area contributed by atoms with E-state index in [0.29, 0.717) is 17.2 Å². The highest BCUT2D eigenvalue weighted by Crippen LogP contribution is 2.35. The molecule has 0 aliphatic heterocycles. The maximum Gasteiger partial charge on any atom is 0.122 e. The Morgan fingerprint density at radius 3 is 2.71 bits per heavy atom. The maximum absolute atomic E-state index is 9.94. The lowest BCUT2D eigenvalue weighted by molar-refractivity contribution is 0.00647. The van der Waals surface area contributed by atoms with E-state index in [2.05, 4.69) is 0 Å². The number of methoxy groups -OCH3 is 1. The molecule has 0 radical (unpaired) electrons. The first-order valence-electron chi connectivity index (χ1n) is 5.80. The molecule has 1 aliphatic rings. The van der Waals surface area contributed by atoms with Crippen LogP contribution in [0.25, 0.3) is 0 Å². The molecule has 94 valence electrons. The SMILES string of the molecule is COc1ccc(Cl)cc1CC(O)C(O)C1CC1. The van der Waals surface area contributed by atoms with Crippen LogP contribution < -0.4 is 4.74 Å². The van der Waals surface area contributed by atoms with Crippen LogP contribution >= 0.6 is 11.6 Å². The summed E-state index contributed by atoms with van der Waals surface area (Å²) in [6.07, 6.45) is 0.977. The molecule has 17 heavy (non-hydrogen) atoms. The first-order valence-corrected chi connectivity index (χ1v) is 6.18. The van der Waals surface area contributed by atoms with Crippen LogP contribution in [0.15, 0.2) is 18.2 Å². The zero-order valence-corrected chi connectivity index (χ0v) is 10.5. The molecular formula is C13H17ClO3. The molecule has 0 bridgehead atoms. The van der Waals surface area contributed by atoms with Gasteiger partial charge in [0.15, 0.2) is 0 Å².